The van der Waals surface area contributed by atoms with Gasteiger partial charge < -0.3 is 14.8 Å². The van der Waals surface area contributed by atoms with Crippen LogP contribution in [0.5, 0.6) is 0 Å². The predicted molar refractivity (Wildman–Crippen MR) is 93.9 cm³/mol. The molecular formula is C17H27N7O. The lowest BCUT2D eigenvalue weighted by Gasteiger charge is -2.25. The van der Waals surface area contributed by atoms with E-state index in [-0.39, 0.29) is 12.1 Å². The van der Waals surface area contributed by atoms with E-state index in [1.165, 1.54) is 0 Å². The van der Waals surface area contributed by atoms with E-state index < -0.39 is 0 Å². The second kappa shape index (κ2) is 7.25. The van der Waals surface area contributed by atoms with Crippen LogP contribution in [-0.2, 0) is 13.6 Å². The van der Waals surface area contributed by atoms with Crippen molar-refractivity contribution >= 4 is 6.03 Å². The first kappa shape index (κ1) is 17.4. The van der Waals surface area contributed by atoms with Gasteiger partial charge in [0.15, 0.2) is 5.82 Å². The zero-order chi connectivity index (χ0) is 18.0. The van der Waals surface area contributed by atoms with E-state index in [9.17, 15) is 4.79 Å². The average Bonchev–Trinajstić information content (AvgIpc) is 3.26. The summed E-state index contributed by atoms with van der Waals surface area (Å²) >= 11 is 0. The molecule has 8 heteroatoms. The molecule has 136 valence electrons. The van der Waals surface area contributed by atoms with Gasteiger partial charge >= 0.3 is 6.03 Å². The van der Waals surface area contributed by atoms with E-state index in [4.69, 9.17) is 0 Å². The van der Waals surface area contributed by atoms with Gasteiger partial charge in [0.05, 0.1) is 11.7 Å². The number of carbonyl (C=O) groups excluding carboxylic acids is 1. The lowest BCUT2D eigenvalue weighted by Crippen LogP contribution is -2.42. The lowest BCUT2D eigenvalue weighted by molar-refractivity contribution is 0.188. The first-order valence-electron chi connectivity index (χ1n) is 8.85. The fourth-order valence-electron chi connectivity index (χ4n) is 3.45. The third kappa shape index (κ3) is 3.83. The van der Waals surface area contributed by atoms with Gasteiger partial charge in [0.25, 0.3) is 0 Å². The van der Waals surface area contributed by atoms with Crippen molar-refractivity contribution in [3.63, 3.8) is 0 Å². The molecule has 2 aromatic rings. The van der Waals surface area contributed by atoms with Crippen molar-refractivity contribution in [3.8, 4) is 0 Å². The van der Waals surface area contributed by atoms with Crippen molar-refractivity contribution in [2.75, 3.05) is 13.1 Å². The summed E-state index contributed by atoms with van der Waals surface area (Å²) in [5.74, 6) is 1.15. The number of carbonyl (C=O) groups is 1. The summed E-state index contributed by atoms with van der Waals surface area (Å²) in [6.45, 7) is 8.36. The van der Waals surface area contributed by atoms with E-state index >= 15 is 0 Å². The largest absolute Gasteiger partial charge is 0.338 e. The van der Waals surface area contributed by atoms with Crippen molar-refractivity contribution in [1.29, 1.82) is 0 Å². The summed E-state index contributed by atoms with van der Waals surface area (Å²) in [7, 11) is 1.92. The number of nitrogens with zero attached hydrogens (tertiary/aromatic N) is 6. The molecule has 25 heavy (non-hydrogen) atoms. The molecule has 2 unspecified atom stereocenters. The van der Waals surface area contributed by atoms with E-state index in [1.54, 1.807) is 6.33 Å². The van der Waals surface area contributed by atoms with Crippen LogP contribution in [0.4, 0.5) is 4.79 Å². The molecule has 2 aromatic heterocycles. The Morgan fingerprint density at radius 2 is 2.24 bits per heavy atom. The van der Waals surface area contributed by atoms with Crippen molar-refractivity contribution in [2.45, 2.75) is 46.2 Å². The highest BCUT2D eigenvalue weighted by atomic mass is 16.2. The van der Waals surface area contributed by atoms with E-state index in [1.807, 2.05) is 28.1 Å². The summed E-state index contributed by atoms with van der Waals surface area (Å²) in [5, 5.41) is 15.7. The summed E-state index contributed by atoms with van der Waals surface area (Å²) in [5.41, 5.74) is 2.18. The lowest BCUT2D eigenvalue weighted by atomic mass is 10.2. The molecule has 0 aliphatic carbocycles. The molecule has 1 fully saturated rings. The fourth-order valence-corrected chi connectivity index (χ4v) is 3.45. The van der Waals surface area contributed by atoms with Crippen LogP contribution in [0.3, 0.4) is 0 Å². The zero-order valence-corrected chi connectivity index (χ0v) is 15.4. The number of aromatic nitrogens is 5. The summed E-state index contributed by atoms with van der Waals surface area (Å²) in [4.78, 5) is 14.5. The highest BCUT2D eigenvalue weighted by molar-refractivity contribution is 5.75. The normalized spacial score (nSPS) is 18.6. The molecule has 0 radical (unpaired) electrons. The van der Waals surface area contributed by atoms with Gasteiger partial charge in [-0.1, -0.05) is 6.92 Å². The molecule has 0 aromatic carbocycles. The van der Waals surface area contributed by atoms with Gasteiger partial charge in [-0.05, 0) is 38.7 Å². The maximum absolute atomic E-state index is 12.6. The molecule has 1 saturated heterocycles. The Kier molecular flexibility index (Phi) is 5.06. The second-order valence-corrected chi connectivity index (χ2v) is 7.05. The Bertz CT molecular complexity index is 735. The van der Waals surface area contributed by atoms with Crippen molar-refractivity contribution < 1.29 is 4.79 Å². The Hall–Kier alpha value is -2.38. The van der Waals surface area contributed by atoms with Gasteiger partial charge in [0, 0.05) is 32.4 Å². The first-order valence-corrected chi connectivity index (χ1v) is 8.85. The van der Waals surface area contributed by atoms with Gasteiger partial charge in [-0.2, -0.15) is 5.10 Å². The third-order valence-electron chi connectivity index (χ3n) is 4.75. The quantitative estimate of drug-likeness (QED) is 0.896. The number of hydrogen-bond donors (Lipinski definition) is 1. The molecule has 0 saturated carbocycles. The zero-order valence-electron chi connectivity index (χ0n) is 15.4. The molecule has 1 aliphatic rings. The molecule has 0 spiro atoms. The average molecular weight is 345 g/mol. The van der Waals surface area contributed by atoms with Crippen molar-refractivity contribution in [3.05, 3.63) is 29.6 Å². The Morgan fingerprint density at radius 3 is 2.88 bits per heavy atom. The van der Waals surface area contributed by atoms with Crippen LogP contribution in [0, 0.1) is 19.8 Å². The van der Waals surface area contributed by atoms with Gasteiger partial charge in [0.2, 0.25) is 0 Å². The molecule has 8 nitrogen and oxygen atoms in total. The minimum Gasteiger partial charge on any atom is -0.338 e. The number of rotatable bonds is 5. The predicted octanol–water partition coefficient (Wildman–Crippen LogP) is 1.81. The topological polar surface area (TPSA) is 80.9 Å². The molecule has 2 amide bonds. The monoisotopic (exact) mass is 345 g/mol. The van der Waals surface area contributed by atoms with E-state index in [0.717, 1.165) is 43.1 Å². The maximum Gasteiger partial charge on any atom is 0.318 e. The number of likely N-dealkylation sites (tertiary alicyclic amines) is 1. The Morgan fingerprint density at radius 1 is 1.44 bits per heavy atom. The van der Waals surface area contributed by atoms with E-state index in [0.29, 0.717) is 12.5 Å². The van der Waals surface area contributed by atoms with Gasteiger partial charge in [-0.15, -0.1) is 10.2 Å². The van der Waals surface area contributed by atoms with Crippen LogP contribution < -0.4 is 5.32 Å². The van der Waals surface area contributed by atoms with Crippen LogP contribution in [0.15, 0.2) is 12.4 Å². The van der Waals surface area contributed by atoms with Gasteiger partial charge in [0.1, 0.15) is 6.33 Å². The molecule has 3 rings (SSSR count). The van der Waals surface area contributed by atoms with Gasteiger partial charge in [-0.3, -0.25) is 4.68 Å². The number of hydrogen-bond acceptors (Lipinski definition) is 4. The molecular weight excluding hydrogens is 318 g/mol. The van der Waals surface area contributed by atoms with Crippen LogP contribution in [-0.4, -0.2) is 48.6 Å². The maximum atomic E-state index is 12.6. The minimum atomic E-state index is -0.0225. The fraction of sp³-hybridized carbons (Fsp3) is 0.647. The molecule has 1 N–H and O–H groups in total. The summed E-state index contributed by atoms with van der Waals surface area (Å²) in [6.07, 6.45) is 3.60. The standard InChI is InChI=1S/C17H27N7O/c1-12(10-24-14(3)8-13(2)21-24)9-18-17(25)23-7-5-6-15(23)16-20-19-11-22(16)4/h8,11-12,15H,5-7,9-10H2,1-4H3,(H,18,25). The van der Waals surface area contributed by atoms with Crippen LogP contribution in [0.25, 0.3) is 0 Å². The highest BCUT2D eigenvalue weighted by Gasteiger charge is 2.32. The molecule has 3 heterocycles. The highest BCUT2D eigenvalue weighted by Crippen LogP contribution is 2.30. The van der Waals surface area contributed by atoms with E-state index in [2.05, 4.69) is 40.5 Å². The molecule has 0 bridgehead atoms. The number of urea groups is 1. The minimum absolute atomic E-state index is 0.0128. The molecule has 2 atom stereocenters. The van der Waals surface area contributed by atoms with Crippen LogP contribution >= 0.6 is 0 Å². The van der Waals surface area contributed by atoms with Crippen molar-refractivity contribution in [2.24, 2.45) is 13.0 Å². The second-order valence-electron chi connectivity index (χ2n) is 7.05. The summed E-state index contributed by atoms with van der Waals surface area (Å²) < 4.78 is 3.89. The molecule has 1 aliphatic heterocycles. The van der Waals surface area contributed by atoms with Crippen molar-refractivity contribution in [1.82, 2.24) is 34.8 Å². The van der Waals surface area contributed by atoms with Crippen LogP contribution in [0.2, 0.25) is 0 Å². The summed E-state index contributed by atoms with van der Waals surface area (Å²) in [6, 6.07) is 2.06. The Balaban J connectivity index is 1.55. The number of amides is 2. The Labute approximate surface area is 148 Å². The number of aryl methyl sites for hydroxylation is 3. The first-order chi connectivity index (χ1) is 12.0. The van der Waals surface area contributed by atoms with Gasteiger partial charge in [-0.25, -0.2) is 4.79 Å². The smallest absolute Gasteiger partial charge is 0.318 e. The number of nitrogens with one attached hydrogen (secondary N) is 1. The SMILES string of the molecule is Cc1cc(C)n(CC(C)CNC(=O)N2CCCC2c2nncn2C)n1. The third-order valence-corrected chi connectivity index (χ3v) is 4.75. The van der Waals surface area contributed by atoms with Crippen LogP contribution in [0.1, 0.15) is 43.0 Å².